The van der Waals surface area contributed by atoms with Gasteiger partial charge in [-0.1, -0.05) is 27.2 Å². The molecule has 7 atom stereocenters. The first-order valence-corrected chi connectivity index (χ1v) is 14.5. The van der Waals surface area contributed by atoms with E-state index < -0.39 is 23.7 Å². The van der Waals surface area contributed by atoms with Crippen LogP contribution in [0.1, 0.15) is 80.6 Å². The molecule has 232 valence electrons. The van der Waals surface area contributed by atoms with Crippen LogP contribution in [0, 0.1) is 11.8 Å². The number of carbonyl (C=O) groups excluding carboxylic acids is 4. The number of carbonyl (C=O) groups is 4. The van der Waals surface area contributed by atoms with Crippen molar-refractivity contribution in [1.29, 1.82) is 0 Å². The zero-order valence-electron chi connectivity index (χ0n) is 26.4. The number of nitrogens with one attached hydrogen (secondary N) is 2. The molecule has 1 rings (SSSR count). The van der Waals surface area contributed by atoms with Gasteiger partial charge in [-0.3, -0.25) is 19.2 Å². The first-order chi connectivity index (χ1) is 18.6. The van der Waals surface area contributed by atoms with E-state index in [0.717, 1.165) is 12.8 Å². The Morgan fingerprint density at radius 1 is 1.07 bits per heavy atom. The number of likely N-dealkylation sites (N-methyl/N-ethyl adjacent to an activating group) is 1. The van der Waals surface area contributed by atoms with Crippen LogP contribution >= 0.6 is 0 Å². The Labute approximate surface area is 241 Å². The third-order valence-corrected chi connectivity index (χ3v) is 7.74. The molecule has 1 fully saturated rings. The standard InChI is InChI=1S/C29H55N5O6/c1-11-18(2)26(33(8)24(36)15-19(3)30)22(39-9)16-25(37)34-14-12-13-21(34)27(40-10)20(4)28(38)31-17-23(35)32-29(5,6)7/h18-22,26-27H,11-17,30H2,1-10H3,(H,31,38)(H,32,35). The lowest BCUT2D eigenvalue weighted by atomic mass is 9.90. The molecule has 0 aromatic heterocycles. The highest BCUT2D eigenvalue weighted by atomic mass is 16.5. The maximum absolute atomic E-state index is 13.7. The number of likely N-dealkylation sites (tertiary alicyclic amines) is 1. The van der Waals surface area contributed by atoms with Gasteiger partial charge in [0.1, 0.15) is 0 Å². The van der Waals surface area contributed by atoms with Gasteiger partial charge in [0.15, 0.2) is 0 Å². The van der Waals surface area contributed by atoms with Gasteiger partial charge < -0.3 is 35.6 Å². The minimum absolute atomic E-state index is 0.0793. The van der Waals surface area contributed by atoms with Crippen LogP contribution in [0.2, 0.25) is 0 Å². The third-order valence-electron chi connectivity index (χ3n) is 7.74. The van der Waals surface area contributed by atoms with Gasteiger partial charge in [0, 0.05) is 45.8 Å². The van der Waals surface area contributed by atoms with Crippen molar-refractivity contribution in [3.8, 4) is 0 Å². The van der Waals surface area contributed by atoms with Crippen molar-refractivity contribution < 1.29 is 28.7 Å². The molecule has 1 aliphatic heterocycles. The van der Waals surface area contributed by atoms with E-state index in [0.29, 0.717) is 13.0 Å². The van der Waals surface area contributed by atoms with Crippen molar-refractivity contribution >= 4 is 23.6 Å². The number of rotatable bonds is 15. The van der Waals surface area contributed by atoms with E-state index in [9.17, 15) is 19.2 Å². The first-order valence-electron chi connectivity index (χ1n) is 14.5. The predicted octanol–water partition coefficient (Wildman–Crippen LogP) is 1.67. The SMILES string of the molecule is CCC(C)C(C(CC(=O)N1CCCC1C(OC)C(C)C(=O)NCC(=O)NC(C)(C)C)OC)N(C)C(=O)CC(C)N. The molecular formula is C29H55N5O6. The second kappa shape index (κ2) is 16.3. The fraction of sp³-hybridized carbons (Fsp3) is 0.862. The highest BCUT2D eigenvalue weighted by Crippen LogP contribution is 2.29. The lowest BCUT2D eigenvalue weighted by molar-refractivity contribution is -0.146. The van der Waals surface area contributed by atoms with Gasteiger partial charge in [0.05, 0.1) is 43.2 Å². The monoisotopic (exact) mass is 569 g/mol. The molecule has 0 saturated carbocycles. The number of ether oxygens (including phenoxy) is 2. The molecule has 1 aliphatic rings. The van der Waals surface area contributed by atoms with Crippen molar-refractivity contribution in [2.75, 3.05) is 34.4 Å². The van der Waals surface area contributed by atoms with Crippen molar-refractivity contribution in [2.24, 2.45) is 17.6 Å². The molecule has 7 unspecified atom stereocenters. The Balaban J connectivity index is 3.00. The maximum atomic E-state index is 13.7. The number of amides is 4. The lowest BCUT2D eigenvalue weighted by Crippen LogP contribution is -2.54. The van der Waals surface area contributed by atoms with E-state index in [1.54, 1.807) is 37.8 Å². The molecular weight excluding hydrogens is 514 g/mol. The van der Waals surface area contributed by atoms with Crippen LogP contribution < -0.4 is 16.4 Å². The Morgan fingerprint density at radius 3 is 2.20 bits per heavy atom. The summed E-state index contributed by atoms with van der Waals surface area (Å²) in [6.07, 6.45) is 1.57. The van der Waals surface area contributed by atoms with Crippen molar-refractivity contribution in [3.63, 3.8) is 0 Å². The third kappa shape index (κ3) is 10.6. The largest absolute Gasteiger partial charge is 0.379 e. The number of hydrogen-bond donors (Lipinski definition) is 3. The fourth-order valence-electron chi connectivity index (χ4n) is 5.54. The first kappa shape index (κ1) is 35.8. The fourth-order valence-corrected chi connectivity index (χ4v) is 5.54. The average molecular weight is 570 g/mol. The summed E-state index contributed by atoms with van der Waals surface area (Å²) in [6, 6.07) is -0.856. The summed E-state index contributed by atoms with van der Waals surface area (Å²) in [5, 5.41) is 5.52. The van der Waals surface area contributed by atoms with E-state index in [4.69, 9.17) is 15.2 Å². The summed E-state index contributed by atoms with van der Waals surface area (Å²) in [5.74, 6) is -1.25. The Bertz CT molecular complexity index is 845. The zero-order valence-corrected chi connectivity index (χ0v) is 26.4. The molecule has 0 aromatic carbocycles. The molecule has 0 radical (unpaired) electrons. The van der Waals surface area contributed by atoms with Gasteiger partial charge >= 0.3 is 0 Å². The van der Waals surface area contributed by atoms with Gasteiger partial charge in [-0.2, -0.15) is 0 Å². The predicted molar refractivity (Wildman–Crippen MR) is 155 cm³/mol. The molecule has 0 bridgehead atoms. The molecule has 11 heteroatoms. The Morgan fingerprint density at radius 2 is 1.70 bits per heavy atom. The molecule has 11 nitrogen and oxygen atoms in total. The van der Waals surface area contributed by atoms with Gasteiger partial charge in [-0.05, 0) is 46.5 Å². The van der Waals surface area contributed by atoms with Crippen LogP contribution in [0.15, 0.2) is 0 Å². The minimum Gasteiger partial charge on any atom is -0.379 e. The van der Waals surface area contributed by atoms with Gasteiger partial charge in [-0.25, -0.2) is 0 Å². The quantitative estimate of drug-likeness (QED) is 0.272. The summed E-state index contributed by atoms with van der Waals surface area (Å²) in [5.41, 5.74) is 5.48. The van der Waals surface area contributed by atoms with E-state index in [1.165, 1.54) is 7.11 Å². The second-order valence-corrected chi connectivity index (χ2v) is 12.3. The summed E-state index contributed by atoms with van der Waals surface area (Å²) in [6.45, 7) is 13.7. The highest BCUT2D eigenvalue weighted by Gasteiger charge is 2.42. The summed E-state index contributed by atoms with van der Waals surface area (Å²) < 4.78 is 11.6. The van der Waals surface area contributed by atoms with Crippen LogP contribution in [-0.2, 0) is 28.7 Å². The smallest absolute Gasteiger partial charge is 0.239 e. The summed E-state index contributed by atoms with van der Waals surface area (Å²) in [7, 11) is 4.86. The minimum atomic E-state index is -0.584. The van der Waals surface area contributed by atoms with Crippen LogP contribution in [0.4, 0.5) is 0 Å². The zero-order chi connectivity index (χ0) is 30.8. The lowest BCUT2D eigenvalue weighted by Gasteiger charge is -2.39. The molecule has 4 amide bonds. The maximum Gasteiger partial charge on any atom is 0.239 e. The molecule has 40 heavy (non-hydrogen) atoms. The second-order valence-electron chi connectivity index (χ2n) is 12.3. The van der Waals surface area contributed by atoms with Crippen molar-refractivity contribution in [3.05, 3.63) is 0 Å². The van der Waals surface area contributed by atoms with Crippen LogP contribution in [0.25, 0.3) is 0 Å². The summed E-state index contributed by atoms with van der Waals surface area (Å²) in [4.78, 5) is 55.1. The van der Waals surface area contributed by atoms with Gasteiger partial charge in [0.25, 0.3) is 0 Å². The van der Waals surface area contributed by atoms with Crippen LogP contribution in [0.3, 0.4) is 0 Å². The van der Waals surface area contributed by atoms with Crippen molar-refractivity contribution in [2.45, 2.75) is 116 Å². The van der Waals surface area contributed by atoms with E-state index >= 15 is 0 Å². The van der Waals surface area contributed by atoms with E-state index in [2.05, 4.69) is 24.5 Å². The van der Waals surface area contributed by atoms with E-state index in [1.807, 2.05) is 20.8 Å². The molecule has 1 saturated heterocycles. The number of methoxy groups -OCH3 is 2. The molecule has 4 N–H and O–H groups in total. The number of nitrogens with zero attached hydrogens (tertiary/aromatic N) is 2. The Hall–Kier alpha value is -2.24. The van der Waals surface area contributed by atoms with Crippen LogP contribution in [-0.4, -0.2) is 104 Å². The van der Waals surface area contributed by atoms with E-state index in [-0.39, 0.29) is 67.1 Å². The highest BCUT2D eigenvalue weighted by molar-refractivity contribution is 5.86. The molecule has 0 spiro atoms. The number of nitrogens with two attached hydrogens (primary N) is 1. The van der Waals surface area contributed by atoms with Gasteiger partial charge in [0.2, 0.25) is 23.6 Å². The molecule has 0 aromatic rings. The van der Waals surface area contributed by atoms with Crippen LogP contribution in [0.5, 0.6) is 0 Å². The van der Waals surface area contributed by atoms with Crippen molar-refractivity contribution in [1.82, 2.24) is 20.4 Å². The number of hydrogen-bond acceptors (Lipinski definition) is 7. The Kier molecular flexibility index (Phi) is 14.6. The normalized spacial score (nSPS) is 20.2. The molecule has 0 aliphatic carbocycles. The van der Waals surface area contributed by atoms with Gasteiger partial charge in [-0.15, -0.1) is 0 Å². The average Bonchev–Trinajstić information content (AvgIpc) is 3.34. The summed E-state index contributed by atoms with van der Waals surface area (Å²) >= 11 is 0. The topological polar surface area (TPSA) is 143 Å². The molecule has 1 heterocycles.